The second-order valence-electron chi connectivity index (χ2n) is 6.95. The Bertz CT molecular complexity index is 878. The number of para-hydroxylation sites is 1. The van der Waals surface area contributed by atoms with Crippen LogP contribution in [0.3, 0.4) is 0 Å². The number of nitrogens with one attached hydrogen (secondary N) is 2. The maximum Gasteiger partial charge on any atom is 0.229 e. The van der Waals surface area contributed by atoms with Crippen LogP contribution in [0.5, 0.6) is 0 Å². The highest BCUT2D eigenvalue weighted by Crippen LogP contribution is 2.46. The second-order valence-corrected chi connectivity index (χ2v) is 9.10. The van der Waals surface area contributed by atoms with E-state index in [0.29, 0.717) is 10.7 Å². The number of halogens is 1. The standard InChI is InChI=1S/C18H21ClN2O2S/c1-18(2)11-16(20-17-14(18)8-5-9-15(17)19)12-6-4-7-13(10-12)21-24(3,22)23/h4-10,16,20-21H,11H2,1-3H3. The van der Waals surface area contributed by atoms with Gasteiger partial charge in [0.15, 0.2) is 0 Å². The molecule has 1 aliphatic heterocycles. The molecule has 2 aromatic rings. The molecule has 0 aromatic heterocycles. The van der Waals surface area contributed by atoms with Crippen LogP contribution in [-0.4, -0.2) is 14.7 Å². The van der Waals surface area contributed by atoms with Crippen LogP contribution in [0.4, 0.5) is 11.4 Å². The molecule has 0 spiro atoms. The Labute approximate surface area is 148 Å². The molecule has 3 rings (SSSR count). The van der Waals surface area contributed by atoms with Crippen LogP contribution >= 0.6 is 11.6 Å². The van der Waals surface area contributed by atoms with Crippen molar-refractivity contribution >= 4 is 33.0 Å². The number of sulfonamides is 1. The molecule has 1 heterocycles. The number of anilines is 2. The van der Waals surface area contributed by atoms with Gasteiger partial charge in [-0.1, -0.05) is 49.7 Å². The maximum absolute atomic E-state index is 11.5. The van der Waals surface area contributed by atoms with Crippen molar-refractivity contribution in [3.8, 4) is 0 Å². The van der Waals surface area contributed by atoms with Crippen molar-refractivity contribution in [2.45, 2.75) is 31.7 Å². The summed E-state index contributed by atoms with van der Waals surface area (Å²) in [5.74, 6) is 0. The van der Waals surface area contributed by atoms with Gasteiger partial charge in [0.25, 0.3) is 0 Å². The Morgan fingerprint density at radius 1 is 1.21 bits per heavy atom. The van der Waals surface area contributed by atoms with Gasteiger partial charge in [-0.25, -0.2) is 8.42 Å². The molecule has 0 amide bonds. The second kappa shape index (κ2) is 5.97. The highest BCUT2D eigenvalue weighted by molar-refractivity contribution is 7.92. The number of rotatable bonds is 3. The van der Waals surface area contributed by atoms with Crippen LogP contribution in [0.1, 0.15) is 37.4 Å². The first-order valence-electron chi connectivity index (χ1n) is 7.79. The summed E-state index contributed by atoms with van der Waals surface area (Å²) in [6.45, 7) is 4.41. The zero-order valence-corrected chi connectivity index (χ0v) is 15.5. The molecular weight excluding hydrogens is 344 g/mol. The lowest BCUT2D eigenvalue weighted by Crippen LogP contribution is -2.31. The van der Waals surface area contributed by atoms with Crippen molar-refractivity contribution in [3.05, 3.63) is 58.6 Å². The molecule has 0 fully saturated rings. The summed E-state index contributed by atoms with van der Waals surface area (Å²) < 4.78 is 25.4. The van der Waals surface area contributed by atoms with E-state index in [0.717, 1.165) is 23.9 Å². The monoisotopic (exact) mass is 364 g/mol. The average molecular weight is 365 g/mol. The molecular formula is C18H21ClN2O2S. The molecule has 0 radical (unpaired) electrons. The molecule has 0 saturated heterocycles. The Kier molecular flexibility index (Phi) is 4.26. The van der Waals surface area contributed by atoms with Crippen molar-refractivity contribution < 1.29 is 8.42 Å². The van der Waals surface area contributed by atoms with Crippen molar-refractivity contribution in [3.63, 3.8) is 0 Å². The van der Waals surface area contributed by atoms with Crippen LogP contribution in [0.25, 0.3) is 0 Å². The summed E-state index contributed by atoms with van der Waals surface area (Å²) in [5.41, 5.74) is 3.73. The first kappa shape index (κ1) is 17.1. The van der Waals surface area contributed by atoms with Crippen molar-refractivity contribution in [1.29, 1.82) is 0 Å². The molecule has 1 aliphatic rings. The Morgan fingerprint density at radius 3 is 2.62 bits per heavy atom. The summed E-state index contributed by atoms with van der Waals surface area (Å²) >= 11 is 6.39. The van der Waals surface area contributed by atoms with E-state index < -0.39 is 10.0 Å². The zero-order valence-electron chi connectivity index (χ0n) is 13.9. The molecule has 2 N–H and O–H groups in total. The van der Waals surface area contributed by atoms with Gasteiger partial charge in [0.05, 0.1) is 23.0 Å². The minimum Gasteiger partial charge on any atom is -0.377 e. The molecule has 0 aliphatic carbocycles. The molecule has 0 saturated carbocycles. The van der Waals surface area contributed by atoms with Gasteiger partial charge in [0, 0.05) is 5.69 Å². The van der Waals surface area contributed by atoms with E-state index >= 15 is 0 Å². The van der Waals surface area contributed by atoms with E-state index in [-0.39, 0.29) is 11.5 Å². The molecule has 128 valence electrons. The van der Waals surface area contributed by atoms with E-state index in [1.165, 1.54) is 5.56 Å². The number of fused-ring (bicyclic) bond motifs is 1. The fourth-order valence-electron chi connectivity index (χ4n) is 3.31. The van der Waals surface area contributed by atoms with E-state index in [1.807, 2.05) is 30.3 Å². The van der Waals surface area contributed by atoms with Crippen molar-refractivity contribution in [1.82, 2.24) is 0 Å². The first-order valence-corrected chi connectivity index (χ1v) is 10.1. The van der Waals surface area contributed by atoms with Crippen LogP contribution in [0.2, 0.25) is 5.02 Å². The Balaban J connectivity index is 1.97. The summed E-state index contributed by atoms with van der Waals surface area (Å²) in [6, 6.07) is 13.5. The summed E-state index contributed by atoms with van der Waals surface area (Å²) in [6.07, 6.45) is 2.04. The third kappa shape index (κ3) is 3.52. The quantitative estimate of drug-likeness (QED) is 0.840. The largest absolute Gasteiger partial charge is 0.377 e. The van der Waals surface area contributed by atoms with Gasteiger partial charge in [0.1, 0.15) is 0 Å². The molecule has 0 bridgehead atoms. The highest BCUT2D eigenvalue weighted by atomic mass is 35.5. The highest BCUT2D eigenvalue weighted by Gasteiger charge is 2.34. The minimum absolute atomic E-state index is 0.0313. The molecule has 6 heteroatoms. The third-order valence-electron chi connectivity index (χ3n) is 4.37. The molecule has 2 aromatic carbocycles. The molecule has 24 heavy (non-hydrogen) atoms. The van der Waals surface area contributed by atoms with Gasteiger partial charge in [-0.3, -0.25) is 4.72 Å². The predicted octanol–water partition coefficient (Wildman–Crippen LogP) is 4.55. The summed E-state index contributed by atoms with van der Waals surface area (Å²) in [7, 11) is -3.29. The number of hydrogen-bond acceptors (Lipinski definition) is 3. The van der Waals surface area contributed by atoms with E-state index in [2.05, 4.69) is 30.0 Å². The molecule has 4 nitrogen and oxygen atoms in total. The van der Waals surface area contributed by atoms with Gasteiger partial charge < -0.3 is 5.32 Å². The maximum atomic E-state index is 11.5. The van der Waals surface area contributed by atoms with E-state index in [1.54, 1.807) is 6.07 Å². The predicted molar refractivity (Wildman–Crippen MR) is 100 cm³/mol. The number of hydrogen-bond donors (Lipinski definition) is 2. The topological polar surface area (TPSA) is 58.2 Å². The molecule has 1 unspecified atom stereocenters. The minimum atomic E-state index is -3.29. The van der Waals surface area contributed by atoms with E-state index in [9.17, 15) is 8.42 Å². The summed E-state index contributed by atoms with van der Waals surface area (Å²) in [4.78, 5) is 0. The van der Waals surface area contributed by atoms with Gasteiger partial charge >= 0.3 is 0 Å². The fraction of sp³-hybridized carbons (Fsp3) is 0.333. The van der Waals surface area contributed by atoms with E-state index in [4.69, 9.17) is 11.6 Å². The zero-order chi connectivity index (χ0) is 17.5. The normalized spacial score (nSPS) is 19.2. The lowest BCUT2D eigenvalue weighted by atomic mass is 9.74. The lowest BCUT2D eigenvalue weighted by Gasteiger charge is -2.39. The van der Waals surface area contributed by atoms with Gasteiger partial charge in [-0.15, -0.1) is 0 Å². The summed E-state index contributed by atoms with van der Waals surface area (Å²) in [5, 5.41) is 4.22. The van der Waals surface area contributed by atoms with Gasteiger partial charge in [0.2, 0.25) is 10.0 Å². The van der Waals surface area contributed by atoms with Crippen LogP contribution in [-0.2, 0) is 15.4 Å². The van der Waals surface area contributed by atoms with Crippen LogP contribution in [0.15, 0.2) is 42.5 Å². The molecule has 1 atom stereocenters. The van der Waals surface area contributed by atoms with Gasteiger partial charge in [-0.05, 0) is 41.2 Å². The Hall–Kier alpha value is -1.72. The van der Waals surface area contributed by atoms with Crippen molar-refractivity contribution in [2.24, 2.45) is 0 Å². The third-order valence-corrected chi connectivity index (χ3v) is 5.29. The van der Waals surface area contributed by atoms with Crippen molar-refractivity contribution in [2.75, 3.05) is 16.3 Å². The lowest BCUT2D eigenvalue weighted by molar-refractivity contribution is 0.427. The number of benzene rings is 2. The fourth-order valence-corrected chi connectivity index (χ4v) is 4.10. The van der Waals surface area contributed by atoms with Gasteiger partial charge in [-0.2, -0.15) is 0 Å². The van der Waals surface area contributed by atoms with Crippen LogP contribution in [0, 0.1) is 0 Å². The smallest absolute Gasteiger partial charge is 0.229 e. The first-order chi connectivity index (χ1) is 11.2. The Morgan fingerprint density at radius 2 is 1.92 bits per heavy atom. The van der Waals surface area contributed by atoms with Crippen LogP contribution < -0.4 is 10.0 Å². The average Bonchev–Trinajstić information content (AvgIpc) is 2.46. The SMILES string of the molecule is CC1(C)CC(c2cccc(NS(C)(=O)=O)c2)Nc2c(Cl)cccc21.